The van der Waals surface area contributed by atoms with Crippen molar-refractivity contribution in [3.05, 3.63) is 35.4 Å². The van der Waals surface area contributed by atoms with Crippen molar-refractivity contribution in [2.45, 2.75) is 31.1 Å². The van der Waals surface area contributed by atoms with Crippen molar-refractivity contribution >= 4 is 11.8 Å². The van der Waals surface area contributed by atoms with E-state index in [0.717, 1.165) is 12.8 Å². The van der Waals surface area contributed by atoms with Gasteiger partial charge in [-0.15, -0.1) is 0 Å². The molecule has 86 valence electrons. The highest BCUT2D eigenvalue weighted by molar-refractivity contribution is 6.21. The number of hydrogen-bond donors (Lipinski definition) is 0. The Balaban J connectivity index is 1.71. The van der Waals surface area contributed by atoms with Gasteiger partial charge in [-0.05, 0) is 25.0 Å². The minimum Gasteiger partial charge on any atom is -0.369 e. The van der Waals surface area contributed by atoms with Crippen LogP contribution >= 0.6 is 0 Å². The Bertz CT molecular complexity index is 494. The van der Waals surface area contributed by atoms with Gasteiger partial charge in [-0.25, -0.2) is 0 Å². The zero-order valence-corrected chi connectivity index (χ0v) is 9.13. The summed E-state index contributed by atoms with van der Waals surface area (Å²) in [5, 5.41) is 0. The summed E-state index contributed by atoms with van der Waals surface area (Å²) in [4.78, 5) is 25.8. The Hall–Kier alpha value is -1.68. The fourth-order valence-electron chi connectivity index (χ4n) is 2.98. The van der Waals surface area contributed by atoms with E-state index >= 15 is 0 Å². The number of hydrogen-bond acceptors (Lipinski definition) is 3. The molecule has 17 heavy (non-hydrogen) atoms. The molecular formula is C13H11NO3. The lowest BCUT2D eigenvalue weighted by Crippen LogP contribution is -2.39. The lowest BCUT2D eigenvalue weighted by molar-refractivity contribution is 0.0556. The van der Waals surface area contributed by atoms with Crippen LogP contribution in [0.25, 0.3) is 0 Å². The van der Waals surface area contributed by atoms with E-state index in [-0.39, 0.29) is 30.1 Å². The van der Waals surface area contributed by atoms with E-state index in [2.05, 4.69) is 0 Å². The van der Waals surface area contributed by atoms with Crippen molar-refractivity contribution in [2.75, 3.05) is 0 Å². The molecule has 1 aromatic rings. The van der Waals surface area contributed by atoms with Crippen molar-refractivity contribution in [3.63, 3.8) is 0 Å². The van der Waals surface area contributed by atoms with Crippen molar-refractivity contribution in [2.24, 2.45) is 0 Å². The molecule has 0 N–H and O–H groups in total. The summed E-state index contributed by atoms with van der Waals surface area (Å²) in [6, 6.07) is 7.07. The number of amides is 2. The summed E-state index contributed by atoms with van der Waals surface area (Å²) in [6.07, 6.45) is 2.17. The van der Waals surface area contributed by atoms with Gasteiger partial charge in [-0.1, -0.05) is 12.1 Å². The average molecular weight is 229 g/mol. The lowest BCUT2D eigenvalue weighted by atomic mass is 10.1. The van der Waals surface area contributed by atoms with Crippen LogP contribution in [0.2, 0.25) is 0 Å². The molecule has 4 nitrogen and oxygen atoms in total. The molecule has 2 aliphatic heterocycles. The van der Waals surface area contributed by atoms with Gasteiger partial charge in [0.2, 0.25) is 0 Å². The SMILES string of the molecule is O=C1c2ccccc2C(=O)N1C1CC2OC2C1. The number of benzene rings is 1. The van der Waals surface area contributed by atoms with E-state index in [0.29, 0.717) is 11.1 Å². The molecule has 2 unspecified atom stereocenters. The molecule has 4 rings (SSSR count). The van der Waals surface area contributed by atoms with Crippen LogP contribution in [0.1, 0.15) is 33.6 Å². The Morgan fingerprint density at radius 3 is 2.06 bits per heavy atom. The van der Waals surface area contributed by atoms with E-state index in [1.807, 2.05) is 0 Å². The largest absolute Gasteiger partial charge is 0.369 e. The highest BCUT2D eigenvalue weighted by Crippen LogP contribution is 2.42. The number of nitrogens with zero attached hydrogens (tertiary/aromatic N) is 1. The van der Waals surface area contributed by atoms with Crippen LogP contribution < -0.4 is 0 Å². The number of imide groups is 1. The van der Waals surface area contributed by atoms with Gasteiger partial charge in [-0.3, -0.25) is 14.5 Å². The third-order valence-corrected chi connectivity index (χ3v) is 3.89. The van der Waals surface area contributed by atoms with Crippen molar-refractivity contribution < 1.29 is 14.3 Å². The molecule has 0 aromatic heterocycles. The van der Waals surface area contributed by atoms with Crippen molar-refractivity contribution in [1.82, 2.24) is 4.90 Å². The van der Waals surface area contributed by atoms with Crippen LogP contribution in [-0.2, 0) is 4.74 Å². The predicted molar refractivity (Wildman–Crippen MR) is 58.6 cm³/mol. The molecule has 0 radical (unpaired) electrons. The number of carbonyl (C=O) groups excluding carboxylic acids is 2. The maximum absolute atomic E-state index is 12.2. The average Bonchev–Trinajstić information content (AvgIpc) is 2.87. The standard InChI is InChI=1S/C13H11NO3/c15-12-8-3-1-2-4-9(8)13(16)14(12)7-5-10-11(6-7)17-10/h1-4,7,10-11H,5-6H2. The third-order valence-electron chi connectivity index (χ3n) is 3.89. The molecule has 0 bridgehead atoms. The van der Waals surface area contributed by atoms with Gasteiger partial charge in [0.15, 0.2) is 0 Å². The smallest absolute Gasteiger partial charge is 0.261 e. The molecule has 3 aliphatic rings. The number of rotatable bonds is 1. The van der Waals surface area contributed by atoms with Gasteiger partial charge in [0.05, 0.1) is 23.3 Å². The maximum Gasteiger partial charge on any atom is 0.261 e. The summed E-state index contributed by atoms with van der Waals surface area (Å²) < 4.78 is 5.34. The lowest BCUT2D eigenvalue weighted by Gasteiger charge is -2.22. The van der Waals surface area contributed by atoms with Crippen LogP contribution in [-0.4, -0.2) is 35.0 Å². The Kier molecular flexibility index (Phi) is 1.63. The summed E-state index contributed by atoms with van der Waals surface area (Å²) >= 11 is 0. The molecule has 1 saturated carbocycles. The van der Waals surface area contributed by atoms with E-state index < -0.39 is 0 Å². The highest BCUT2D eigenvalue weighted by atomic mass is 16.6. The van der Waals surface area contributed by atoms with E-state index in [4.69, 9.17) is 4.74 Å². The molecular weight excluding hydrogens is 218 g/mol. The van der Waals surface area contributed by atoms with Gasteiger partial charge in [0.1, 0.15) is 0 Å². The van der Waals surface area contributed by atoms with Gasteiger partial charge < -0.3 is 4.74 Å². The molecule has 2 fully saturated rings. The van der Waals surface area contributed by atoms with Crippen LogP contribution in [0.5, 0.6) is 0 Å². The second-order valence-electron chi connectivity index (χ2n) is 4.86. The van der Waals surface area contributed by atoms with Crippen molar-refractivity contribution in [1.29, 1.82) is 0 Å². The summed E-state index contributed by atoms with van der Waals surface area (Å²) in [5.74, 6) is -0.284. The first-order valence-electron chi connectivity index (χ1n) is 5.88. The van der Waals surface area contributed by atoms with Crippen LogP contribution in [0.4, 0.5) is 0 Å². The number of epoxide rings is 1. The fraction of sp³-hybridized carbons (Fsp3) is 0.385. The first-order valence-corrected chi connectivity index (χ1v) is 5.88. The minimum absolute atomic E-state index is 0.0335. The first kappa shape index (κ1) is 9.36. The summed E-state index contributed by atoms with van der Waals surface area (Å²) in [5.41, 5.74) is 1.08. The third kappa shape index (κ3) is 1.16. The summed E-state index contributed by atoms with van der Waals surface area (Å²) in [7, 11) is 0. The number of fused-ring (bicyclic) bond motifs is 2. The predicted octanol–water partition coefficient (Wildman–Crippen LogP) is 1.21. The molecule has 4 heteroatoms. The number of carbonyl (C=O) groups is 2. The Labute approximate surface area is 98.2 Å². The van der Waals surface area contributed by atoms with Crippen LogP contribution in [0.3, 0.4) is 0 Å². The van der Waals surface area contributed by atoms with Crippen molar-refractivity contribution in [3.8, 4) is 0 Å². The van der Waals surface area contributed by atoms with Gasteiger partial charge in [-0.2, -0.15) is 0 Å². The Morgan fingerprint density at radius 1 is 1.00 bits per heavy atom. The van der Waals surface area contributed by atoms with E-state index in [1.54, 1.807) is 24.3 Å². The van der Waals surface area contributed by atoms with Crippen LogP contribution in [0.15, 0.2) is 24.3 Å². The fourth-order valence-corrected chi connectivity index (χ4v) is 2.98. The monoisotopic (exact) mass is 229 g/mol. The second kappa shape index (κ2) is 2.96. The van der Waals surface area contributed by atoms with E-state index in [9.17, 15) is 9.59 Å². The van der Waals surface area contributed by atoms with Gasteiger partial charge in [0, 0.05) is 6.04 Å². The molecule has 1 aromatic carbocycles. The number of ether oxygens (including phenoxy) is 1. The molecule has 1 saturated heterocycles. The second-order valence-corrected chi connectivity index (χ2v) is 4.86. The normalized spacial score (nSPS) is 33.9. The summed E-state index contributed by atoms with van der Waals surface area (Å²) in [6.45, 7) is 0. The molecule has 2 heterocycles. The van der Waals surface area contributed by atoms with Crippen LogP contribution in [0, 0.1) is 0 Å². The van der Waals surface area contributed by atoms with Gasteiger partial charge >= 0.3 is 0 Å². The minimum atomic E-state index is -0.142. The topological polar surface area (TPSA) is 49.9 Å². The van der Waals surface area contributed by atoms with Gasteiger partial charge in [0.25, 0.3) is 11.8 Å². The molecule has 2 atom stereocenters. The molecule has 1 aliphatic carbocycles. The van der Waals surface area contributed by atoms with E-state index in [1.165, 1.54) is 4.90 Å². The zero-order valence-electron chi connectivity index (χ0n) is 9.13. The Morgan fingerprint density at radius 2 is 1.53 bits per heavy atom. The highest BCUT2D eigenvalue weighted by Gasteiger charge is 2.53. The quantitative estimate of drug-likeness (QED) is 0.537. The first-order chi connectivity index (χ1) is 8.25. The maximum atomic E-state index is 12.2. The zero-order chi connectivity index (χ0) is 11.6. The molecule has 0 spiro atoms. The molecule has 2 amide bonds.